The first-order valence-electron chi connectivity index (χ1n) is 11.3. The van der Waals surface area contributed by atoms with Crippen molar-refractivity contribution < 1.29 is 23.4 Å². The first kappa shape index (κ1) is 22.8. The third-order valence-corrected chi connectivity index (χ3v) is 6.42. The number of nitrogens with one attached hydrogen (secondary N) is 1. The quantitative estimate of drug-likeness (QED) is 0.455. The highest BCUT2D eigenvalue weighted by molar-refractivity contribution is 6.02. The van der Waals surface area contributed by atoms with Crippen molar-refractivity contribution in [3.63, 3.8) is 0 Å². The van der Waals surface area contributed by atoms with Crippen molar-refractivity contribution in [2.24, 2.45) is 0 Å². The van der Waals surface area contributed by atoms with Crippen molar-refractivity contribution in [1.82, 2.24) is 5.32 Å². The normalized spacial score (nSPS) is 14.5. The molecule has 0 radical (unpaired) electrons. The monoisotopic (exact) mass is 449 g/mol. The largest absolute Gasteiger partial charge is 0.497 e. The summed E-state index contributed by atoms with van der Waals surface area (Å²) < 4.78 is 22.7. The van der Waals surface area contributed by atoms with Gasteiger partial charge in [-0.25, -0.2) is 0 Å². The van der Waals surface area contributed by atoms with Crippen LogP contribution in [-0.4, -0.2) is 33.3 Å². The van der Waals surface area contributed by atoms with E-state index >= 15 is 0 Å². The molecular formula is C27H31NO5. The number of ether oxygens (including phenoxy) is 3. The number of hydrogen-bond donors (Lipinski definition) is 1. The van der Waals surface area contributed by atoms with Gasteiger partial charge in [0.05, 0.1) is 27.6 Å². The van der Waals surface area contributed by atoms with Gasteiger partial charge in [0.25, 0.3) is 0 Å². The van der Waals surface area contributed by atoms with Crippen LogP contribution in [0.1, 0.15) is 43.7 Å². The minimum atomic E-state index is -0.0684. The van der Waals surface area contributed by atoms with E-state index in [1.54, 1.807) is 33.7 Å². The Morgan fingerprint density at radius 2 is 1.82 bits per heavy atom. The van der Waals surface area contributed by atoms with E-state index in [4.69, 9.17) is 18.6 Å². The zero-order valence-electron chi connectivity index (χ0n) is 19.9. The summed E-state index contributed by atoms with van der Waals surface area (Å²) in [6, 6.07) is 7.96. The van der Waals surface area contributed by atoms with Gasteiger partial charge in [0.2, 0.25) is 5.91 Å². The number of amides is 1. The SMILES string of the molecule is COc1ccc(OC)c(-c2coc3c(C)c(OC)c(/C(C)=C/C(=O)NC4CCCC4)cc23)c1. The average Bonchev–Trinajstić information content (AvgIpc) is 3.48. The van der Waals surface area contributed by atoms with Crippen LogP contribution in [-0.2, 0) is 4.79 Å². The highest BCUT2D eigenvalue weighted by Crippen LogP contribution is 2.43. The van der Waals surface area contributed by atoms with Crippen molar-refractivity contribution in [3.8, 4) is 28.4 Å². The number of carbonyl (C=O) groups is 1. The predicted octanol–water partition coefficient (Wildman–Crippen LogP) is 5.90. The molecule has 1 N–H and O–H groups in total. The van der Waals surface area contributed by atoms with Gasteiger partial charge < -0.3 is 23.9 Å². The van der Waals surface area contributed by atoms with Crippen LogP contribution >= 0.6 is 0 Å². The number of methoxy groups -OCH3 is 3. The molecule has 1 fully saturated rings. The Bertz CT molecular complexity index is 1200. The smallest absolute Gasteiger partial charge is 0.244 e. The molecule has 1 saturated carbocycles. The van der Waals surface area contributed by atoms with Gasteiger partial charge in [-0.05, 0) is 56.5 Å². The maximum atomic E-state index is 12.6. The Hall–Kier alpha value is -3.41. The second kappa shape index (κ2) is 9.61. The molecule has 2 aromatic carbocycles. The number of furan rings is 1. The van der Waals surface area contributed by atoms with Crippen LogP contribution in [0.5, 0.6) is 17.2 Å². The van der Waals surface area contributed by atoms with Gasteiger partial charge in [-0.15, -0.1) is 0 Å². The molecule has 0 aliphatic heterocycles. The summed E-state index contributed by atoms with van der Waals surface area (Å²) in [5.74, 6) is 2.08. The summed E-state index contributed by atoms with van der Waals surface area (Å²) in [4.78, 5) is 12.6. The van der Waals surface area contributed by atoms with E-state index in [1.807, 2.05) is 38.1 Å². The van der Waals surface area contributed by atoms with E-state index in [9.17, 15) is 4.79 Å². The fourth-order valence-electron chi connectivity index (χ4n) is 4.69. The molecule has 1 aliphatic carbocycles. The highest BCUT2D eigenvalue weighted by atomic mass is 16.5. The first-order valence-corrected chi connectivity index (χ1v) is 11.3. The molecule has 1 aromatic heterocycles. The Morgan fingerprint density at radius 1 is 1.06 bits per heavy atom. The Labute approximate surface area is 194 Å². The lowest BCUT2D eigenvalue weighted by molar-refractivity contribution is -0.117. The third kappa shape index (κ3) is 4.42. The maximum Gasteiger partial charge on any atom is 0.244 e. The van der Waals surface area contributed by atoms with Gasteiger partial charge in [0.15, 0.2) is 0 Å². The molecule has 0 unspecified atom stereocenters. The van der Waals surface area contributed by atoms with Crippen molar-refractivity contribution in [2.45, 2.75) is 45.6 Å². The minimum Gasteiger partial charge on any atom is -0.497 e. The van der Waals surface area contributed by atoms with Gasteiger partial charge in [-0.2, -0.15) is 0 Å². The highest BCUT2D eigenvalue weighted by Gasteiger charge is 2.21. The molecular weight excluding hydrogens is 418 g/mol. The lowest BCUT2D eigenvalue weighted by Gasteiger charge is -2.15. The first-order chi connectivity index (χ1) is 16.0. The zero-order valence-corrected chi connectivity index (χ0v) is 19.9. The van der Waals surface area contributed by atoms with E-state index in [-0.39, 0.29) is 11.9 Å². The summed E-state index contributed by atoms with van der Waals surface area (Å²) in [5.41, 5.74) is 5.05. The third-order valence-electron chi connectivity index (χ3n) is 6.42. The standard InChI is InChI=1S/C27H31NO5/c1-16(12-25(29)28-18-8-6-7-9-18)20-14-22-23(15-33-27(22)17(2)26(20)32-5)21-13-19(30-3)10-11-24(21)31-4/h10-15,18H,6-9H2,1-5H3,(H,28,29)/b16-12+. The topological polar surface area (TPSA) is 69.9 Å². The van der Waals surface area contributed by atoms with E-state index in [0.717, 1.165) is 63.1 Å². The Morgan fingerprint density at radius 3 is 2.48 bits per heavy atom. The molecule has 0 spiro atoms. The molecule has 1 amide bonds. The molecule has 1 aliphatic rings. The molecule has 4 rings (SSSR count). The molecule has 3 aromatic rings. The predicted molar refractivity (Wildman–Crippen MR) is 130 cm³/mol. The average molecular weight is 450 g/mol. The number of rotatable bonds is 7. The van der Waals surface area contributed by atoms with E-state index in [0.29, 0.717) is 5.75 Å². The summed E-state index contributed by atoms with van der Waals surface area (Å²) in [7, 11) is 4.92. The van der Waals surface area contributed by atoms with Crippen LogP contribution in [0, 0.1) is 6.92 Å². The fraction of sp³-hybridized carbons (Fsp3) is 0.370. The number of hydrogen-bond acceptors (Lipinski definition) is 5. The molecule has 6 heteroatoms. The van der Waals surface area contributed by atoms with Crippen LogP contribution in [0.4, 0.5) is 0 Å². The molecule has 0 atom stereocenters. The summed E-state index contributed by atoms with van der Waals surface area (Å²) >= 11 is 0. The van der Waals surface area contributed by atoms with Crippen LogP contribution in [0.15, 0.2) is 41.0 Å². The van der Waals surface area contributed by atoms with Gasteiger partial charge in [0, 0.05) is 39.8 Å². The van der Waals surface area contributed by atoms with Crippen LogP contribution in [0.25, 0.3) is 27.7 Å². The van der Waals surface area contributed by atoms with Crippen molar-refractivity contribution >= 4 is 22.4 Å². The van der Waals surface area contributed by atoms with Gasteiger partial charge in [0.1, 0.15) is 22.8 Å². The second-order valence-electron chi connectivity index (χ2n) is 8.49. The number of carbonyl (C=O) groups excluding carboxylic acids is 1. The van der Waals surface area contributed by atoms with Crippen LogP contribution in [0.2, 0.25) is 0 Å². The molecule has 33 heavy (non-hydrogen) atoms. The zero-order chi connectivity index (χ0) is 23.5. The van der Waals surface area contributed by atoms with Crippen molar-refractivity contribution in [3.05, 3.63) is 47.7 Å². The summed E-state index contributed by atoms with van der Waals surface area (Å²) in [6.07, 6.45) is 7.83. The maximum absolute atomic E-state index is 12.6. The number of aryl methyl sites for hydroxylation is 1. The second-order valence-corrected chi connectivity index (χ2v) is 8.49. The van der Waals surface area contributed by atoms with Crippen LogP contribution < -0.4 is 19.5 Å². The lowest BCUT2D eigenvalue weighted by Crippen LogP contribution is -2.31. The van der Waals surface area contributed by atoms with Gasteiger partial charge >= 0.3 is 0 Å². The lowest BCUT2D eigenvalue weighted by atomic mass is 9.96. The van der Waals surface area contributed by atoms with E-state index < -0.39 is 0 Å². The molecule has 6 nitrogen and oxygen atoms in total. The number of allylic oxidation sites excluding steroid dienone is 1. The minimum absolute atomic E-state index is 0.0684. The molecule has 0 bridgehead atoms. The number of fused-ring (bicyclic) bond motifs is 1. The van der Waals surface area contributed by atoms with Crippen molar-refractivity contribution in [1.29, 1.82) is 0 Å². The van der Waals surface area contributed by atoms with E-state index in [2.05, 4.69) is 5.32 Å². The number of benzene rings is 2. The van der Waals surface area contributed by atoms with Gasteiger partial charge in [-0.1, -0.05) is 12.8 Å². The Balaban J connectivity index is 1.81. The van der Waals surface area contributed by atoms with Gasteiger partial charge in [-0.3, -0.25) is 4.79 Å². The fourth-order valence-corrected chi connectivity index (χ4v) is 4.69. The van der Waals surface area contributed by atoms with Crippen molar-refractivity contribution in [2.75, 3.05) is 21.3 Å². The van der Waals surface area contributed by atoms with E-state index in [1.165, 1.54) is 12.8 Å². The summed E-state index contributed by atoms with van der Waals surface area (Å²) in [5, 5.41) is 4.04. The van der Waals surface area contributed by atoms with Crippen LogP contribution in [0.3, 0.4) is 0 Å². The molecule has 174 valence electrons. The summed E-state index contributed by atoms with van der Waals surface area (Å²) in [6.45, 7) is 3.90. The Kier molecular flexibility index (Phi) is 6.63. The molecule has 1 heterocycles. The molecule has 0 saturated heterocycles.